The zero-order chi connectivity index (χ0) is 13.1. The van der Waals surface area contributed by atoms with Crippen LogP contribution in [0.5, 0.6) is 0 Å². The molecule has 0 unspecified atom stereocenters. The third-order valence-corrected chi connectivity index (χ3v) is 4.99. The fourth-order valence-corrected chi connectivity index (χ4v) is 3.54. The highest BCUT2D eigenvalue weighted by atomic mass is 79.9. The smallest absolute Gasteiger partial charge is 0.0701 e. The molecule has 0 aliphatic carbocycles. The highest BCUT2D eigenvalue weighted by Crippen LogP contribution is 2.22. The Bertz CT molecular complexity index is 293. The van der Waals surface area contributed by atoms with Crippen LogP contribution in [-0.4, -0.2) is 0 Å². The van der Waals surface area contributed by atoms with E-state index in [2.05, 4.69) is 34.3 Å². The summed E-state index contributed by atoms with van der Waals surface area (Å²) in [4.78, 5) is 0. The minimum Gasteiger partial charge on any atom is -0.137 e. The number of rotatable bonds is 11. The molecule has 0 nitrogen and oxygen atoms in total. The van der Waals surface area contributed by atoms with E-state index in [1.165, 1.54) is 80.0 Å². The zero-order valence-corrected chi connectivity index (χ0v) is 14.1. The monoisotopic (exact) mass is 330 g/mol. The lowest BCUT2D eigenvalue weighted by atomic mass is 10.0. The van der Waals surface area contributed by atoms with Gasteiger partial charge in [-0.15, -0.1) is 11.3 Å². The highest BCUT2D eigenvalue weighted by molar-refractivity contribution is 9.11. The maximum absolute atomic E-state index is 3.52. The van der Waals surface area contributed by atoms with Gasteiger partial charge in [-0.3, -0.25) is 0 Å². The topological polar surface area (TPSA) is 0 Å². The van der Waals surface area contributed by atoms with Gasteiger partial charge in [-0.25, -0.2) is 0 Å². The average Bonchev–Trinajstić information content (AvgIpc) is 2.77. The molecule has 1 aromatic heterocycles. The minimum atomic E-state index is 1.26. The van der Waals surface area contributed by atoms with Crippen molar-refractivity contribution in [3.63, 3.8) is 0 Å². The van der Waals surface area contributed by atoms with Crippen molar-refractivity contribution in [1.82, 2.24) is 0 Å². The van der Waals surface area contributed by atoms with Crippen molar-refractivity contribution in [2.75, 3.05) is 0 Å². The fraction of sp³-hybridized carbons (Fsp3) is 0.750. The number of hydrogen-bond acceptors (Lipinski definition) is 1. The van der Waals surface area contributed by atoms with Crippen molar-refractivity contribution >= 4 is 27.3 Å². The summed E-state index contributed by atoms with van der Waals surface area (Å²) in [5, 5.41) is 2.28. The molecule has 0 atom stereocenters. The molecule has 0 saturated heterocycles. The molecule has 104 valence electrons. The van der Waals surface area contributed by atoms with Gasteiger partial charge >= 0.3 is 0 Å². The first-order valence-corrected chi connectivity index (χ1v) is 9.23. The van der Waals surface area contributed by atoms with E-state index in [-0.39, 0.29) is 0 Å². The van der Waals surface area contributed by atoms with E-state index in [0.29, 0.717) is 0 Å². The first-order chi connectivity index (χ1) is 8.83. The third-order valence-electron chi connectivity index (χ3n) is 3.44. The van der Waals surface area contributed by atoms with Crippen LogP contribution in [0.4, 0.5) is 0 Å². The number of thiophene rings is 1. The molecule has 1 rings (SSSR count). The summed E-state index contributed by atoms with van der Waals surface area (Å²) in [6.07, 6.45) is 15.5. The molecule has 0 radical (unpaired) electrons. The molecule has 2 heteroatoms. The highest BCUT2D eigenvalue weighted by Gasteiger charge is 1.97. The first-order valence-electron chi connectivity index (χ1n) is 7.56. The summed E-state index contributed by atoms with van der Waals surface area (Å²) < 4.78 is 1.27. The molecule has 1 aromatic rings. The van der Waals surface area contributed by atoms with E-state index in [1.54, 1.807) is 11.3 Å². The Kier molecular flexibility index (Phi) is 9.96. The molecular formula is C16H27BrS. The van der Waals surface area contributed by atoms with E-state index in [1.807, 2.05) is 0 Å². The average molecular weight is 331 g/mol. The van der Waals surface area contributed by atoms with Crippen LogP contribution in [-0.2, 0) is 6.42 Å². The minimum absolute atomic E-state index is 1.26. The van der Waals surface area contributed by atoms with E-state index >= 15 is 0 Å². The second-order valence-corrected chi connectivity index (χ2v) is 7.48. The third kappa shape index (κ3) is 8.31. The lowest BCUT2D eigenvalue weighted by Crippen LogP contribution is -1.84. The van der Waals surface area contributed by atoms with Crippen LogP contribution in [0.2, 0.25) is 0 Å². The van der Waals surface area contributed by atoms with Crippen molar-refractivity contribution in [2.45, 2.75) is 77.6 Å². The predicted octanol–water partition coefficient (Wildman–Crippen LogP) is 6.97. The van der Waals surface area contributed by atoms with Gasteiger partial charge in [-0.2, -0.15) is 0 Å². The van der Waals surface area contributed by atoms with Crippen LogP contribution in [0.15, 0.2) is 15.2 Å². The van der Waals surface area contributed by atoms with Crippen molar-refractivity contribution in [3.8, 4) is 0 Å². The number of unbranched alkanes of at least 4 members (excludes halogenated alkanes) is 9. The van der Waals surface area contributed by atoms with E-state index in [9.17, 15) is 0 Å². The quantitative estimate of drug-likeness (QED) is 0.384. The summed E-state index contributed by atoms with van der Waals surface area (Å²) >= 11 is 5.32. The fourth-order valence-electron chi connectivity index (χ4n) is 2.29. The summed E-state index contributed by atoms with van der Waals surface area (Å²) in [6, 6.07) is 2.26. The van der Waals surface area contributed by atoms with Gasteiger partial charge in [0.2, 0.25) is 0 Å². The Balaban J connectivity index is 1.81. The molecule has 0 spiro atoms. The summed E-state index contributed by atoms with van der Waals surface area (Å²) in [5.41, 5.74) is 1.51. The molecular weight excluding hydrogens is 304 g/mol. The van der Waals surface area contributed by atoms with Gasteiger partial charge in [-0.1, -0.05) is 64.7 Å². The zero-order valence-electron chi connectivity index (χ0n) is 11.7. The lowest BCUT2D eigenvalue weighted by Gasteiger charge is -2.01. The summed E-state index contributed by atoms with van der Waals surface area (Å²) in [6.45, 7) is 2.28. The van der Waals surface area contributed by atoms with Gasteiger partial charge in [-0.05, 0) is 45.8 Å². The van der Waals surface area contributed by atoms with Gasteiger partial charge in [0.1, 0.15) is 0 Å². The maximum atomic E-state index is 3.52. The SMILES string of the molecule is CCCCCCCCCCCCc1csc(Br)c1. The predicted molar refractivity (Wildman–Crippen MR) is 87.6 cm³/mol. The number of halogens is 1. The molecule has 0 amide bonds. The van der Waals surface area contributed by atoms with Crippen LogP contribution < -0.4 is 0 Å². The van der Waals surface area contributed by atoms with Crippen molar-refractivity contribution < 1.29 is 0 Å². The summed E-state index contributed by atoms with van der Waals surface area (Å²) in [7, 11) is 0. The Labute approximate surface area is 125 Å². The molecule has 1 heterocycles. The standard InChI is InChI=1S/C16H27BrS/c1-2-3-4-5-6-7-8-9-10-11-12-15-13-16(17)18-14-15/h13-14H,2-12H2,1H3. The van der Waals surface area contributed by atoms with Crippen molar-refractivity contribution in [2.24, 2.45) is 0 Å². The van der Waals surface area contributed by atoms with Gasteiger partial charge in [0, 0.05) is 0 Å². The largest absolute Gasteiger partial charge is 0.137 e. The van der Waals surface area contributed by atoms with E-state index in [0.717, 1.165) is 0 Å². The van der Waals surface area contributed by atoms with Crippen LogP contribution in [0.3, 0.4) is 0 Å². The maximum Gasteiger partial charge on any atom is 0.0701 e. The Morgan fingerprint density at radius 1 is 0.889 bits per heavy atom. The Hall–Kier alpha value is 0.180. The molecule has 0 aliphatic rings. The van der Waals surface area contributed by atoms with Crippen molar-refractivity contribution in [3.05, 3.63) is 20.8 Å². The van der Waals surface area contributed by atoms with E-state index in [4.69, 9.17) is 0 Å². The number of aryl methyl sites for hydroxylation is 1. The second-order valence-electron chi connectivity index (χ2n) is 5.19. The van der Waals surface area contributed by atoms with Crippen LogP contribution in [0.25, 0.3) is 0 Å². The van der Waals surface area contributed by atoms with Gasteiger partial charge < -0.3 is 0 Å². The molecule has 0 saturated carbocycles. The van der Waals surface area contributed by atoms with Gasteiger partial charge in [0.15, 0.2) is 0 Å². The molecule has 0 aliphatic heterocycles. The number of hydrogen-bond donors (Lipinski definition) is 0. The Morgan fingerprint density at radius 2 is 1.44 bits per heavy atom. The van der Waals surface area contributed by atoms with Crippen molar-refractivity contribution in [1.29, 1.82) is 0 Å². The molecule has 18 heavy (non-hydrogen) atoms. The Morgan fingerprint density at radius 3 is 1.94 bits per heavy atom. The van der Waals surface area contributed by atoms with Crippen LogP contribution in [0, 0.1) is 0 Å². The van der Waals surface area contributed by atoms with Gasteiger partial charge in [0.25, 0.3) is 0 Å². The van der Waals surface area contributed by atoms with E-state index < -0.39 is 0 Å². The molecule has 0 N–H and O–H groups in total. The van der Waals surface area contributed by atoms with Crippen LogP contribution >= 0.6 is 27.3 Å². The molecule has 0 fully saturated rings. The lowest BCUT2D eigenvalue weighted by molar-refractivity contribution is 0.556. The molecule has 0 aromatic carbocycles. The second kappa shape index (κ2) is 11.0. The molecule has 0 bridgehead atoms. The van der Waals surface area contributed by atoms with Crippen LogP contribution in [0.1, 0.15) is 76.7 Å². The van der Waals surface area contributed by atoms with Gasteiger partial charge in [0.05, 0.1) is 3.79 Å². The summed E-state index contributed by atoms with van der Waals surface area (Å²) in [5.74, 6) is 0. The first kappa shape index (κ1) is 16.2. The normalized spacial score (nSPS) is 11.0.